The van der Waals surface area contributed by atoms with Crippen LogP contribution in [0.4, 0.5) is 0 Å². The second-order valence-corrected chi connectivity index (χ2v) is 10.3. The third kappa shape index (κ3) is 6.70. The number of aryl methyl sites for hydroxylation is 1. The van der Waals surface area contributed by atoms with Gasteiger partial charge >= 0.3 is 0 Å². The summed E-state index contributed by atoms with van der Waals surface area (Å²) in [5.74, 6) is -1.51. The normalized spacial score (nSPS) is 17.4. The first-order chi connectivity index (χ1) is 17.3. The van der Waals surface area contributed by atoms with Crippen LogP contribution in [0.15, 0.2) is 48.0 Å². The number of aliphatic hydroxyl groups is 1. The maximum atomic E-state index is 13.3. The van der Waals surface area contributed by atoms with E-state index in [1.54, 1.807) is 35.2 Å². The molecule has 0 radical (unpaired) electrons. The first kappa shape index (κ1) is 28.2. The number of halogens is 2. The number of amides is 1. The van der Waals surface area contributed by atoms with E-state index in [4.69, 9.17) is 23.2 Å². The predicted octanol–water partition coefficient (Wildman–Crippen LogP) is 7.02. The van der Waals surface area contributed by atoms with E-state index in [0.29, 0.717) is 34.1 Å². The molecule has 1 fully saturated rings. The molecule has 1 aliphatic heterocycles. The van der Waals surface area contributed by atoms with E-state index >= 15 is 0 Å². The zero-order chi connectivity index (χ0) is 26.2. The van der Waals surface area contributed by atoms with Gasteiger partial charge in [0.1, 0.15) is 5.76 Å². The third-order valence-electron chi connectivity index (χ3n) is 6.65. The largest absolute Gasteiger partial charge is 0.507 e. The Bertz CT molecular complexity index is 1090. The van der Waals surface area contributed by atoms with Gasteiger partial charge in [-0.05, 0) is 63.5 Å². The van der Waals surface area contributed by atoms with E-state index < -0.39 is 17.7 Å². The van der Waals surface area contributed by atoms with Gasteiger partial charge in [0.25, 0.3) is 11.7 Å². The number of ketones is 1. The summed E-state index contributed by atoms with van der Waals surface area (Å²) in [6.45, 7) is 9.57. The minimum Gasteiger partial charge on any atom is -0.507 e. The summed E-state index contributed by atoms with van der Waals surface area (Å²) < 4.78 is 0. The molecule has 0 aromatic heterocycles. The molecule has 1 aliphatic rings. The highest BCUT2D eigenvalue weighted by atomic mass is 35.5. The molecule has 5 nitrogen and oxygen atoms in total. The van der Waals surface area contributed by atoms with Gasteiger partial charge in [0, 0.05) is 22.2 Å². The molecule has 194 valence electrons. The molecule has 2 aromatic carbocycles. The number of Topliss-reactive ketones (excluding diaryl/α,β-unsaturated/α-hetero) is 1. The lowest BCUT2D eigenvalue weighted by atomic mass is 9.95. The second kappa shape index (κ2) is 13.3. The summed E-state index contributed by atoms with van der Waals surface area (Å²) in [7, 11) is 0. The highest BCUT2D eigenvalue weighted by Crippen LogP contribution is 2.42. The summed E-state index contributed by atoms with van der Waals surface area (Å²) in [5, 5.41) is 12.0. The summed E-state index contributed by atoms with van der Waals surface area (Å²) in [6, 6.07) is 11.4. The fourth-order valence-electron chi connectivity index (χ4n) is 4.59. The Kier molecular flexibility index (Phi) is 10.4. The van der Waals surface area contributed by atoms with E-state index in [1.165, 1.54) is 0 Å². The molecule has 0 spiro atoms. The van der Waals surface area contributed by atoms with Crippen LogP contribution in [0, 0.1) is 6.92 Å². The molecule has 1 saturated heterocycles. The Morgan fingerprint density at radius 2 is 1.56 bits per heavy atom. The molecule has 1 N–H and O–H groups in total. The van der Waals surface area contributed by atoms with Gasteiger partial charge in [-0.2, -0.15) is 0 Å². The van der Waals surface area contributed by atoms with Crippen molar-refractivity contribution < 1.29 is 14.7 Å². The maximum Gasteiger partial charge on any atom is 0.295 e. The molecule has 0 aliphatic carbocycles. The Morgan fingerprint density at radius 3 is 2.14 bits per heavy atom. The van der Waals surface area contributed by atoms with Crippen LogP contribution in [-0.4, -0.2) is 52.8 Å². The van der Waals surface area contributed by atoms with Crippen molar-refractivity contribution in [3.63, 3.8) is 0 Å². The van der Waals surface area contributed by atoms with Gasteiger partial charge in [-0.1, -0.05) is 85.8 Å². The average Bonchev–Trinajstić information content (AvgIpc) is 3.10. The number of aliphatic hydroxyl groups excluding tert-OH is 1. The van der Waals surface area contributed by atoms with Gasteiger partial charge in [-0.25, -0.2) is 0 Å². The fourth-order valence-corrected chi connectivity index (χ4v) is 5.10. The van der Waals surface area contributed by atoms with Gasteiger partial charge in [-0.15, -0.1) is 0 Å². The van der Waals surface area contributed by atoms with E-state index in [0.717, 1.165) is 50.9 Å². The number of carbonyl (C=O) groups is 2. The van der Waals surface area contributed by atoms with Crippen LogP contribution in [0.1, 0.15) is 68.7 Å². The van der Waals surface area contributed by atoms with E-state index in [9.17, 15) is 14.7 Å². The van der Waals surface area contributed by atoms with E-state index in [2.05, 4.69) is 18.7 Å². The van der Waals surface area contributed by atoms with Crippen molar-refractivity contribution in [3.8, 4) is 0 Å². The maximum absolute atomic E-state index is 13.3. The van der Waals surface area contributed by atoms with Crippen LogP contribution in [0.25, 0.3) is 5.76 Å². The van der Waals surface area contributed by atoms with Crippen LogP contribution in [0.3, 0.4) is 0 Å². The molecule has 0 bridgehead atoms. The average molecular weight is 532 g/mol. The topological polar surface area (TPSA) is 60.9 Å². The monoisotopic (exact) mass is 530 g/mol. The number of benzene rings is 2. The Hall–Kier alpha value is -2.34. The van der Waals surface area contributed by atoms with Crippen molar-refractivity contribution in [2.24, 2.45) is 0 Å². The van der Waals surface area contributed by atoms with Gasteiger partial charge in [-0.3, -0.25) is 9.59 Å². The number of hydrogen-bond acceptors (Lipinski definition) is 4. The predicted molar refractivity (Wildman–Crippen MR) is 148 cm³/mol. The molecular formula is C29H36Cl2N2O3. The number of rotatable bonds is 12. The third-order valence-corrected chi connectivity index (χ3v) is 7.21. The molecule has 3 rings (SSSR count). The number of hydrogen-bond donors (Lipinski definition) is 1. The number of unbranched alkanes of at least 4 members (excludes halogenated alkanes) is 2. The first-order valence-corrected chi connectivity index (χ1v) is 13.6. The van der Waals surface area contributed by atoms with Gasteiger partial charge < -0.3 is 14.9 Å². The lowest BCUT2D eigenvalue weighted by Crippen LogP contribution is -2.34. The summed E-state index contributed by atoms with van der Waals surface area (Å²) >= 11 is 12.7. The number of likely N-dealkylation sites (tertiary alicyclic amines) is 1. The van der Waals surface area contributed by atoms with E-state index in [1.807, 2.05) is 19.1 Å². The summed E-state index contributed by atoms with van der Waals surface area (Å²) in [5.41, 5.74) is 2.14. The molecular weight excluding hydrogens is 495 g/mol. The van der Waals surface area contributed by atoms with E-state index in [-0.39, 0.29) is 11.3 Å². The van der Waals surface area contributed by atoms with Crippen LogP contribution >= 0.6 is 23.2 Å². The molecule has 1 amide bonds. The van der Waals surface area contributed by atoms with Gasteiger partial charge in [0.05, 0.1) is 11.6 Å². The summed E-state index contributed by atoms with van der Waals surface area (Å²) in [6.07, 6.45) is 5.24. The van der Waals surface area contributed by atoms with Crippen LogP contribution < -0.4 is 0 Å². The Balaban J connectivity index is 1.95. The summed E-state index contributed by atoms with van der Waals surface area (Å²) in [4.78, 5) is 30.5. The van der Waals surface area contributed by atoms with Crippen molar-refractivity contribution in [2.45, 2.75) is 58.9 Å². The first-order valence-electron chi connectivity index (χ1n) is 12.8. The van der Waals surface area contributed by atoms with Crippen LogP contribution in [0.5, 0.6) is 0 Å². The molecule has 36 heavy (non-hydrogen) atoms. The lowest BCUT2D eigenvalue weighted by Gasteiger charge is -2.28. The molecule has 1 heterocycles. The number of nitrogens with zero attached hydrogens (tertiary/aromatic N) is 2. The molecule has 1 unspecified atom stereocenters. The lowest BCUT2D eigenvalue weighted by molar-refractivity contribution is -0.140. The van der Waals surface area contributed by atoms with Crippen molar-refractivity contribution in [3.05, 3.63) is 74.8 Å². The van der Waals surface area contributed by atoms with Crippen molar-refractivity contribution in [1.82, 2.24) is 9.80 Å². The standard InChI is InChI=1S/C29H36Cl2N2O3/c1-4-6-15-32(16-7-5-2)17-8-18-33-26(23-14-13-22(30)19-24(23)31)25(28(35)29(33)36)27(34)21-11-9-20(3)10-12-21/h9-14,19,26,34H,4-8,15-18H2,1-3H3/b27-25-. The fraction of sp³-hybridized carbons (Fsp3) is 0.448. The van der Waals surface area contributed by atoms with Crippen LogP contribution in [-0.2, 0) is 9.59 Å². The smallest absolute Gasteiger partial charge is 0.295 e. The van der Waals surface area contributed by atoms with Gasteiger partial charge in [0.2, 0.25) is 0 Å². The Labute approximate surface area is 224 Å². The number of carbonyl (C=O) groups excluding carboxylic acids is 2. The molecule has 1 atom stereocenters. The molecule has 7 heteroatoms. The van der Waals surface area contributed by atoms with Crippen molar-refractivity contribution >= 4 is 40.7 Å². The second-order valence-electron chi connectivity index (χ2n) is 9.43. The minimum absolute atomic E-state index is 0.0573. The molecule has 0 saturated carbocycles. The van der Waals surface area contributed by atoms with Crippen molar-refractivity contribution in [2.75, 3.05) is 26.2 Å². The van der Waals surface area contributed by atoms with Gasteiger partial charge in [0.15, 0.2) is 0 Å². The minimum atomic E-state index is -0.782. The van der Waals surface area contributed by atoms with Crippen LogP contribution in [0.2, 0.25) is 10.0 Å². The highest BCUT2D eigenvalue weighted by Gasteiger charge is 2.46. The quantitative estimate of drug-likeness (QED) is 0.182. The SMILES string of the molecule is CCCCN(CCCC)CCCN1C(=O)C(=O)/C(=C(\O)c2ccc(C)cc2)C1c1ccc(Cl)cc1Cl. The highest BCUT2D eigenvalue weighted by molar-refractivity contribution is 6.47. The zero-order valence-corrected chi connectivity index (χ0v) is 22.9. The zero-order valence-electron chi connectivity index (χ0n) is 21.4. The molecule has 2 aromatic rings. The Morgan fingerprint density at radius 1 is 0.944 bits per heavy atom. The van der Waals surface area contributed by atoms with Crippen molar-refractivity contribution in [1.29, 1.82) is 0 Å².